The zero-order valence-electron chi connectivity index (χ0n) is 29.0. The van der Waals surface area contributed by atoms with Crippen LogP contribution >= 0.6 is 0 Å². The van der Waals surface area contributed by atoms with E-state index in [4.69, 9.17) is 11.5 Å². The number of carbonyl (C=O) groups excluding carboxylic acids is 3. The molecule has 0 bridgehead atoms. The summed E-state index contributed by atoms with van der Waals surface area (Å²) in [4.78, 5) is 42.0. The predicted octanol–water partition coefficient (Wildman–Crippen LogP) is 5.50. The number of nitrogens with one attached hydrogen (secondary N) is 1. The van der Waals surface area contributed by atoms with Crippen LogP contribution in [0, 0.1) is 6.92 Å². The number of nitrogens with two attached hydrogens (primary N) is 2. The largest absolute Gasteiger partial charge is 0.355 e. The molecule has 0 heterocycles. The summed E-state index contributed by atoms with van der Waals surface area (Å²) in [6.45, 7) is 7.01. The minimum atomic E-state index is -0.778. The summed E-state index contributed by atoms with van der Waals surface area (Å²) in [5.41, 5.74) is 15.5. The summed E-state index contributed by atoms with van der Waals surface area (Å²) in [5, 5.41) is 2.88. The highest BCUT2D eigenvalue weighted by Crippen LogP contribution is 2.21. The van der Waals surface area contributed by atoms with Gasteiger partial charge in [0.1, 0.15) is 6.04 Å². The second-order valence-electron chi connectivity index (χ2n) is 12.7. The van der Waals surface area contributed by atoms with Crippen LogP contribution in [0.2, 0.25) is 0 Å². The van der Waals surface area contributed by atoms with Gasteiger partial charge in [0.15, 0.2) is 0 Å². The van der Waals surface area contributed by atoms with Gasteiger partial charge in [-0.3, -0.25) is 14.4 Å². The van der Waals surface area contributed by atoms with Crippen molar-refractivity contribution in [3.8, 4) is 11.1 Å². The van der Waals surface area contributed by atoms with Gasteiger partial charge >= 0.3 is 0 Å². The van der Waals surface area contributed by atoms with Crippen LogP contribution in [0.4, 0.5) is 0 Å². The van der Waals surface area contributed by atoms with Crippen molar-refractivity contribution in [2.24, 2.45) is 11.5 Å². The molecule has 0 aromatic heterocycles. The zero-order valence-corrected chi connectivity index (χ0v) is 29.0. The van der Waals surface area contributed by atoms with E-state index in [1.165, 1.54) is 21.4 Å². The average Bonchev–Trinajstić information content (AvgIpc) is 3.05. The van der Waals surface area contributed by atoms with Crippen molar-refractivity contribution in [1.82, 2.24) is 15.1 Å². The van der Waals surface area contributed by atoms with E-state index in [9.17, 15) is 14.4 Å². The van der Waals surface area contributed by atoms with Gasteiger partial charge in [-0.15, -0.1) is 0 Å². The topological polar surface area (TPSA) is 122 Å². The van der Waals surface area contributed by atoms with Crippen molar-refractivity contribution in [3.63, 3.8) is 0 Å². The molecule has 1 atom stereocenters. The second kappa shape index (κ2) is 20.8. The van der Waals surface area contributed by atoms with Crippen LogP contribution in [-0.4, -0.2) is 72.8 Å². The van der Waals surface area contributed by atoms with E-state index in [-0.39, 0.29) is 24.3 Å². The predicted molar refractivity (Wildman–Crippen MR) is 194 cm³/mol. The van der Waals surface area contributed by atoms with Crippen LogP contribution in [-0.2, 0) is 20.8 Å². The molecule has 3 aromatic rings. The van der Waals surface area contributed by atoms with Crippen molar-refractivity contribution >= 4 is 17.7 Å². The first-order valence-electron chi connectivity index (χ1n) is 16.5. The van der Waals surface area contributed by atoms with Gasteiger partial charge in [0, 0.05) is 32.6 Å². The molecule has 0 aliphatic heterocycles. The molecular formula is C39H55N5O3. The van der Waals surface area contributed by atoms with Crippen LogP contribution < -0.4 is 16.8 Å². The summed E-state index contributed by atoms with van der Waals surface area (Å²) in [6.07, 6.45) is 7.93. The van der Waals surface area contributed by atoms with Crippen molar-refractivity contribution in [1.29, 1.82) is 0 Å². The van der Waals surface area contributed by atoms with Crippen molar-refractivity contribution in [2.45, 2.75) is 70.9 Å². The van der Waals surface area contributed by atoms with E-state index in [0.717, 1.165) is 42.4 Å². The summed E-state index contributed by atoms with van der Waals surface area (Å²) >= 11 is 0. The summed E-state index contributed by atoms with van der Waals surface area (Å²) < 4.78 is 0. The van der Waals surface area contributed by atoms with Crippen molar-refractivity contribution in [2.75, 3.05) is 33.7 Å². The summed E-state index contributed by atoms with van der Waals surface area (Å²) in [7, 11) is 3.22. The standard InChI is InChI=1S/C32H47N5O3.C7H8/c1-32(2,34)20-12-15-30(39)37(4)28(23-25-16-18-27(19-17-25)26-13-8-7-9-14-26)31(40)36(3)24-29(38)35-22-11-6-5-10-21-33;1-7-5-3-2-4-6-7/h7-9,12-19,28H,5-6,10-11,20-24,33-34H2,1-4H3,(H,35,38);2-6H,1H3/b15-12+;. The minimum Gasteiger partial charge on any atom is -0.355 e. The molecule has 8 nitrogen and oxygen atoms in total. The number of likely N-dealkylation sites (N-methyl/N-ethyl adjacent to an activating group) is 2. The highest BCUT2D eigenvalue weighted by Gasteiger charge is 2.29. The lowest BCUT2D eigenvalue weighted by Gasteiger charge is -2.30. The van der Waals surface area contributed by atoms with Gasteiger partial charge in [-0.05, 0) is 69.3 Å². The Labute approximate surface area is 282 Å². The SMILES string of the molecule is CN(CC(=O)NCCCCCCN)C(=O)C(Cc1ccc(-c2ccccc2)cc1)N(C)C(=O)/C=C/CC(C)(C)N.Cc1ccccc1. The maximum Gasteiger partial charge on any atom is 0.246 e. The Morgan fingerprint density at radius 1 is 0.830 bits per heavy atom. The lowest BCUT2D eigenvalue weighted by Crippen LogP contribution is -2.51. The number of carbonyl (C=O) groups is 3. The number of hydrogen-bond donors (Lipinski definition) is 3. The van der Waals surface area contributed by atoms with E-state index in [1.807, 2.05) is 86.6 Å². The first-order chi connectivity index (χ1) is 22.4. The molecule has 0 saturated carbocycles. The maximum absolute atomic E-state index is 13.6. The zero-order chi connectivity index (χ0) is 34.7. The molecule has 3 aromatic carbocycles. The smallest absolute Gasteiger partial charge is 0.246 e. The van der Waals surface area contributed by atoms with E-state index in [0.29, 0.717) is 25.9 Å². The lowest BCUT2D eigenvalue weighted by molar-refractivity contribution is -0.143. The molecule has 0 fully saturated rings. The monoisotopic (exact) mass is 641 g/mol. The van der Waals surface area contributed by atoms with Crippen LogP contribution in [0.5, 0.6) is 0 Å². The van der Waals surface area contributed by atoms with Crippen LogP contribution in [0.25, 0.3) is 11.1 Å². The fourth-order valence-corrected chi connectivity index (χ4v) is 4.80. The normalized spacial score (nSPS) is 11.7. The van der Waals surface area contributed by atoms with Crippen LogP contribution in [0.15, 0.2) is 97.1 Å². The van der Waals surface area contributed by atoms with Crippen LogP contribution in [0.1, 0.15) is 57.1 Å². The highest BCUT2D eigenvalue weighted by atomic mass is 16.2. The number of amides is 3. The number of benzene rings is 3. The minimum absolute atomic E-state index is 0.0791. The molecule has 0 saturated heterocycles. The Morgan fingerprint density at radius 3 is 1.96 bits per heavy atom. The number of unbranched alkanes of at least 4 members (excludes halogenated alkanes) is 3. The van der Waals surface area contributed by atoms with Gasteiger partial charge in [-0.1, -0.05) is 109 Å². The Hall–Kier alpha value is -4.27. The van der Waals surface area contributed by atoms with E-state index in [1.54, 1.807) is 20.2 Å². The number of hydrogen-bond acceptors (Lipinski definition) is 5. The third-order valence-electron chi connectivity index (χ3n) is 7.65. The fraction of sp³-hybridized carbons (Fsp3) is 0.410. The average molecular weight is 642 g/mol. The molecule has 0 spiro atoms. The van der Waals surface area contributed by atoms with Crippen molar-refractivity contribution in [3.05, 3.63) is 108 Å². The number of aryl methyl sites for hydroxylation is 1. The molecule has 3 rings (SSSR count). The Kier molecular flexibility index (Phi) is 17.2. The molecule has 254 valence electrons. The highest BCUT2D eigenvalue weighted by molar-refractivity contribution is 5.94. The van der Waals surface area contributed by atoms with Crippen LogP contribution in [0.3, 0.4) is 0 Å². The summed E-state index contributed by atoms with van der Waals surface area (Å²) in [5.74, 6) is -0.813. The maximum atomic E-state index is 13.6. The molecule has 8 heteroatoms. The Bertz CT molecular complexity index is 1370. The molecule has 0 aliphatic rings. The quantitative estimate of drug-likeness (QED) is 0.141. The second-order valence-corrected chi connectivity index (χ2v) is 12.7. The molecule has 47 heavy (non-hydrogen) atoms. The first-order valence-corrected chi connectivity index (χ1v) is 16.5. The van der Waals surface area contributed by atoms with E-state index in [2.05, 4.69) is 24.4 Å². The van der Waals surface area contributed by atoms with Gasteiger partial charge < -0.3 is 26.6 Å². The van der Waals surface area contributed by atoms with Gasteiger partial charge in [0.25, 0.3) is 0 Å². The van der Waals surface area contributed by atoms with Gasteiger partial charge in [-0.2, -0.15) is 0 Å². The number of nitrogens with zero attached hydrogens (tertiary/aromatic N) is 2. The Balaban J connectivity index is 0.000000965. The van der Waals surface area contributed by atoms with Crippen molar-refractivity contribution < 1.29 is 14.4 Å². The third-order valence-corrected chi connectivity index (χ3v) is 7.65. The Morgan fingerprint density at radius 2 is 1.40 bits per heavy atom. The van der Waals surface area contributed by atoms with Gasteiger partial charge in [-0.25, -0.2) is 0 Å². The molecule has 3 amide bonds. The lowest BCUT2D eigenvalue weighted by atomic mass is 9.99. The fourth-order valence-electron chi connectivity index (χ4n) is 4.80. The third kappa shape index (κ3) is 15.7. The molecule has 0 radical (unpaired) electrons. The molecule has 1 unspecified atom stereocenters. The van der Waals surface area contributed by atoms with E-state index < -0.39 is 11.6 Å². The molecule has 0 aliphatic carbocycles. The summed E-state index contributed by atoms with van der Waals surface area (Å²) in [6, 6.07) is 27.5. The van der Waals surface area contributed by atoms with Gasteiger partial charge in [0.05, 0.1) is 6.54 Å². The molecule has 5 N–H and O–H groups in total. The first kappa shape index (κ1) is 38.9. The molecular weight excluding hydrogens is 586 g/mol. The van der Waals surface area contributed by atoms with Gasteiger partial charge in [0.2, 0.25) is 17.7 Å². The van der Waals surface area contributed by atoms with E-state index >= 15 is 0 Å². The number of rotatable bonds is 16.